The number of hydrazine groups is 1. The Morgan fingerprint density at radius 3 is 2.33 bits per heavy atom. The van der Waals surface area contributed by atoms with E-state index in [1.165, 1.54) is 5.01 Å². The first-order valence-corrected chi connectivity index (χ1v) is 9.70. The Morgan fingerprint density at radius 1 is 1.29 bits per heavy atom. The van der Waals surface area contributed by atoms with E-state index in [-0.39, 0.29) is 5.75 Å². The van der Waals surface area contributed by atoms with Crippen molar-refractivity contribution in [2.45, 2.75) is 39.0 Å². The van der Waals surface area contributed by atoms with Crippen molar-refractivity contribution in [1.82, 2.24) is 5.01 Å². The fourth-order valence-electron chi connectivity index (χ4n) is 2.23. The smallest absolute Gasteiger partial charge is 0.429 e. The molecule has 2 N–H and O–H groups in total. The molecule has 0 unspecified atom stereocenters. The molecular formula is C16H27N3O4S. The summed E-state index contributed by atoms with van der Waals surface area (Å²) in [5.74, 6) is -0.163. The summed E-state index contributed by atoms with van der Waals surface area (Å²) in [7, 11) is -1.56. The second-order valence-electron chi connectivity index (χ2n) is 6.68. The number of hydrogen-bond donors (Lipinski definition) is 1. The van der Waals surface area contributed by atoms with Crippen LogP contribution in [0.25, 0.3) is 0 Å². The van der Waals surface area contributed by atoms with Gasteiger partial charge in [-0.25, -0.2) is 18.2 Å². The second kappa shape index (κ2) is 7.29. The van der Waals surface area contributed by atoms with E-state index in [1.807, 2.05) is 6.92 Å². The highest BCUT2D eigenvalue weighted by atomic mass is 32.2. The molecule has 0 radical (unpaired) electrons. The molecule has 0 bridgehead atoms. The summed E-state index contributed by atoms with van der Waals surface area (Å²) in [6.07, 6.45) is 0.653. The number of carbonyl (C=O) groups excluding carboxylic acids is 1. The first-order valence-electron chi connectivity index (χ1n) is 7.64. The molecule has 136 valence electrons. The summed E-state index contributed by atoms with van der Waals surface area (Å²) in [6.45, 7) is 7.55. The maximum Gasteiger partial charge on any atom is 0.429 e. The van der Waals surface area contributed by atoms with E-state index in [9.17, 15) is 13.2 Å². The van der Waals surface area contributed by atoms with Gasteiger partial charge in [0.2, 0.25) is 0 Å². The topological polar surface area (TPSA) is 92.9 Å². The van der Waals surface area contributed by atoms with Crippen LogP contribution in [0, 0.1) is 0 Å². The van der Waals surface area contributed by atoms with Gasteiger partial charge >= 0.3 is 6.09 Å². The molecule has 0 fully saturated rings. The van der Waals surface area contributed by atoms with Crippen LogP contribution in [0.3, 0.4) is 0 Å². The van der Waals surface area contributed by atoms with Gasteiger partial charge in [-0.05, 0) is 51.5 Å². The van der Waals surface area contributed by atoms with Gasteiger partial charge in [0.1, 0.15) is 5.60 Å². The summed E-state index contributed by atoms with van der Waals surface area (Å²) in [5, 5.41) is 3.00. The van der Waals surface area contributed by atoms with Crippen molar-refractivity contribution < 1.29 is 17.9 Å². The number of nitrogen functional groups attached to an aromatic ring is 1. The number of ether oxygens (including phenoxy) is 1. The molecule has 8 heteroatoms. The average Bonchev–Trinajstić information content (AvgIpc) is 2.35. The number of hydrogen-bond acceptors (Lipinski definition) is 6. The van der Waals surface area contributed by atoms with Crippen LogP contribution in [0.1, 0.15) is 33.3 Å². The second-order valence-corrected chi connectivity index (χ2v) is 8.82. The third-order valence-corrected chi connectivity index (χ3v) is 3.97. The standard InChI is InChI=1S/C16H27N3O4S/c1-7-19(15(20)23-16(2,3)4)18(5)14-9-8-13(17)10-12(14)11-24(6,21)22/h8-10H,7,11,17H2,1-6H3. The van der Waals surface area contributed by atoms with Crippen LogP contribution < -0.4 is 10.7 Å². The lowest BCUT2D eigenvalue weighted by Gasteiger charge is -2.35. The van der Waals surface area contributed by atoms with E-state index in [0.29, 0.717) is 23.5 Å². The highest BCUT2D eigenvalue weighted by molar-refractivity contribution is 7.89. The van der Waals surface area contributed by atoms with Crippen LogP contribution in [0.5, 0.6) is 0 Å². The van der Waals surface area contributed by atoms with Crippen LogP contribution in [0.15, 0.2) is 18.2 Å². The summed E-state index contributed by atoms with van der Waals surface area (Å²) in [4.78, 5) is 12.4. The third kappa shape index (κ3) is 5.92. The Balaban J connectivity index is 3.20. The Hall–Kier alpha value is -1.96. The number of rotatable bonds is 5. The fourth-order valence-corrected chi connectivity index (χ4v) is 3.02. The van der Waals surface area contributed by atoms with Crippen molar-refractivity contribution in [2.75, 3.05) is 30.6 Å². The van der Waals surface area contributed by atoms with Gasteiger partial charge in [-0.2, -0.15) is 0 Å². The molecule has 1 aromatic rings. The molecule has 24 heavy (non-hydrogen) atoms. The molecular weight excluding hydrogens is 330 g/mol. The maximum atomic E-state index is 12.4. The molecule has 0 aliphatic heterocycles. The minimum atomic E-state index is -3.25. The monoisotopic (exact) mass is 357 g/mol. The van der Waals surface area contributed by atoms with Gasteiger partial charge in [0.15, 0.2) is 9.84 Å². The molecule has 0 atom stereocenters. The quantitative estimate of drug-likeness (QED) is 0.642. The van der Waals surface area contributed by atoms with Crippen molar-refractivity contribution in [3.8, 4) is 0 Å². The minimum Gasteiger partial charge on any atom is -0.442 e. The number of sulfone groups is 1. The summed E-state index contributed by atoms with van der Waals surface area (Å²) in [6, 6.07) is 4.97. The molecule has 0 aromatic heterocycles. The van der Waals surface area contributed by atoms with Crippen LogP contribution in [0.4, 0.5) is 16.2 Å². The third-order valence-electron chi connectivity index (χ3n) is 3.14. The number of benzene rings is 1. The van der Waals surface area contributed by atoms with Gasteiger partial charge in [0.05, 0.1) is 11.4 Å². The largest absolute Gasteiger partial charge is 0.442 e. The van der Waals surface area contributed by atoms with Crippen LogP contribution in [-0.4, -0.2) is 45.0 Å². The predicted octanol–water partition coefficient (Wildman–Crippen LogP) is 2.42. The Labute approximate surface area is 144 Å². The minimum absolute atomic E-state index is 0.163. The fraction of sp³-hybridized carbons (Fsp3) is 0.562. The van der Waals surface area contributed by atoms with E-state index in [0.717, 1.165) is 6.26 Å². The molecule has 1 aromatic carbocycles. The molecule has 0 saturated carbocycles. The first-order chi connectivity index (χ1) is 10.8. The van der Waals surface area contributed by atoms with Crippen molar-refractivity contribution in [3.63, 3.8) is 0 Å². The van der Waals surface area contributed by atoms with Crippen molar-refractivity contribution in [3.05, 3.63) is 23.8 Å². The summed E-state index contributed by atoms with van der Waals surface area (Å²) >= 11 is 0. The predicted molar refractivity (Wildman–Crippen MR) is 96.4 cm³/mol. The van der Waals surface area contributed by atoms with Gasteiger partial charge < -0.3 is 10.5 Å². The zero-order valence-electron chi connectivity index (χ0n) is 15.2. The number of nitrogens with two attached hydrogens (primary N) is 1. The molecule has 7 nitrogen and oxygen atoms in total. The summed E-state index contributed by atoms with van der Waals surface area (Å²) in [5.41, 5.74) is 6.74. The van der Waals surface area contributed by atoms with Crippen LogP contribution >= 0.6 is 0 Å². The molecule has 1 rings (SSSR count). The zero-order chi connectivity index (χ0) is 18.7. The normalized spacial score (nSPS) is 11.9. The number of carbonyl (C=O) groups is 1. The number of amides is 1. The van der Waals surface area contributed by atoms with E-state index in [4.69, 9.17) is 10.5 Å². The van der Waals surface area contributed by atoms with Crippen molar-refractivity contribution in [1.29, 1.82) is 0 Å². The van der Waals surface area contributed by atoms with E-state index < -0.39 is 21.5 Å². The van der Waals surface area contributed by atoms with E-state index >= 15 is 0 Å². The van der Waals surface area contributed by atoms with E-state index in [1.54, 1.807) is 51.0 Å². The van der Waals surface area contributed by atoms with Gasteiger partial charge in [-0.1, -0.05) is 0 Å². The van der Waals surface area contributed by atoms with Gasteiger partial charge in [-0.3, -0.25) is 5.01 Å². The van der Waals surface area contributed by atoms with Gasteiger partial charge in [-0.15, -0.1) is 0 Å². The molecule has 0 aliphatic carbocycles. The molecule has 0 spiro atoms. The zero-order valence-corrected chi connectivity index (χ0v) is 16.0. The van der Waals surface area contributed by atoms with Crippen molar-refractivity contribution >= 4 is 27.3 Å². The lowest BCUT2D eigenvalue weighted by Crippen LogP contribution is -2.47. The highest BCUT2D eigenvalue weighted by Crippen LogP contribution is 2.26. The van der Waals surface area contributed by atoms with Crippen molar-refractivity contribution in [2.24, 2.45) is 0 Å². The molecule has 0 aliphatic rings. The number of anilines is 2. The van der Waals surface area contributed by atoms with E-state index in [2.05, 4.69) is 0 Å². The molecule has 0 heterocycles. The first kappa shape index (κ1) is 20.1. The Bertz CT molecular complexity index is 696. The Morgan fingerprint density at radius 2 is 1.88 bits per heavy atom. The number of nitrogens with zero attached hydrogens (tertiary/aromatic N) is 2. The van der Waals surface area contributed by atoms with Crippen LogP contribution in [-0.2, 0) is 20.3 Å². The highest BCUT2D eigenvalue weighted by Gasteiger charge is 2.25. The molecule has 1 amide bonds. The Kier molecular flexibility index (Phi) is 6.10. The lowest BCUT2D eigenvalue weighted by molar-refractivity contribution is 0.0247. The van der Waals surface area contributed by atoms with Gasteiger partial charge in [0.25, 0.3) is 0 Å². The molecule has 0 saturated heterocycles. The maximum absolute atomic E-state index is 12.4. The van der Waals surface area contributed by atoms with Gasteiger partial charge in [0, 0.05) is 25.5 Å². The van der Waals surface area contributed by atoms with Crippen LogP contribution in [0.2, 0.25) is 0 Å². The SMILES string of the molecule is CCN(C(=O)OC(C)(C)C)N(C)c1ccc(N)cc1CS(C)(=O)=O. The lowest BCUT2D eigenvalue weighted by atomic mass is 10.1. The summed E-state index contributed by atoms with van der Waals surface area (Å²) < 4.78 is 28.8. The average molecular weight is 357 g/mol.